The molecule has 0 aliphatic rings. The van der Waals surface area contributed by atoms with E-state index in [0.29, 0.717) is 0 Å². The van der Waals surface area contributed by atoms with Crippen LogP contribution in [0.15, 0.2) is 159 Å². The molecule has 0 amide bonds. The highest BCUT2D eigenvalue weighted by atomic mass is 79.9. The van der Waals surface area contributed by atoms with Crippen LogP contribution in [0.25, 0.3) is 66.8 Å². The van der Waals surface area contributed by atoms with E-state index in [1.165, 1.54) is 0 Å². The fourth-order valence-electron chi connectivity index (χ4n) is 5.55. The quantitative estimate of drug-likeness (QED) is 0.154. The van der Waals surface area contributed by atoms with Gasteiger partial charge in [0, 0.05) is 59.2 Å². The molecule has 4 aromatic carbocycles. The molecular formula is C46H46BrN3. The van der Waals surface area contributed by atoms with Crippen molar-refractivity contribution < 1.29 is 0 Å². The van der Waals surface area contributed by atoms with E-state index in [9.17, 15) is 0 Å². The summed E-state index contributed by atoms with van der Waals surface area (Å²) in [6, 6.07) is 43.3. The Balaban J connectivity index is 0.000000890. The molecule has 252 valence electrons. The minimum absolute atomic E-state index is 0.773. The van der Waals surface area contributed by atoms with E-state index in [1.54, 1.807) is 0 Å². The van der Waals surface area contributed by atoms with Crippen LogP contribution >= 0.6 is 15.9 Å². The lowest BCUT2D eigenvalue weighted by Crippen LogP contribution is -1.89. The van der Waals surface area contributed by atoms with Crippen molar-refractivity contribution in [3.05, 3.63) is 164 Å². The van der Waals surface area contributed by atoms with Crippen LogP contribution in [0, 0.1) is 0 Å². The molecule has 4 heteroatoms. The number of pyridine rings is 3. The van der Waals surface area contributed by atoms with Crippen molar-refractivity contribution in [1.29, 1.82) is 0 Å². The Morgan fingerprint density at radius 1 is 0.340 bits per heavy atom. The SMILES string of the molecule is BrCc1cncc(-c2cccc(-c3cc(-c4cccc(-c5cccnc5)c4)cc(-c4cccc(-c5cccnc5)c4)c3)c2)c1.CC.CC.CC. The monoisotopic (exact) mass is 719 g/mol. The zero-order chi connectivity index (χ0) is 35.7. The Hall–Kier alpha value is -5.19. The number of halogens is 1. The van der Waals surface area contributed by atoms with Gasteiger partial charge in [-0.1, -0.05) is 124 Å². The summed E-state index contributed by atoms with van der Waals surface area (Å²) < 4.78 is 0. The number of nitrogens with zero attached hydrogens (tertiary/aromatic N) is 3. The third-order valence-corrected chi connectivity index (χ3v) is 8.44. The summed E-state index contributed by atoms with van der Waals surface area (Å²) in [5.41, 5.74) is 14.8. The zero-order valence-corrected chi connectivity index (χ0v) is 31.5. The summed E-state index contributed by atoms with van der Waals surface area (Å²) in [4.78, 5) is 13.1. The Labute approximate surface area is 307 Å². The first kappa shape index (κ1) is 37.6. The Morgan fingerprint density at radius 2 is 0.660 bits per heavy atom. The smallest absolute Gasteiger partial charge is 0.0346 e. The fourth-order valence-corrected chi connectivity index (χ4v) is 5.85. The molecule has 7 rings (SSSR count). The van der Waals surface area contributed by atoms with Crippen molar-refractivity contribution >= 4 is 15.9 Å². The second-order valence-corrected chi connectivity index (χ2v) is 11.3. The molecule has 50 heavy (non-hydrogen) atoms. The lowest BCUT2D eigenvalue weighted by molar-refractivity contribution is 1.26. The number of alkyl halides is 1. The summed E-state index contributed by atoms with van der Waals surface area (Å²) in [7, 11) is 0. The number of rotatable bonds is 7. The highest BCUT2D eigenvalue weighted by Crippen LogP contribution is 2.36. The third-order valence-electron chi connectivity index (χ3n) is 7.79. The van der Waals surface area contributed by atoms with E-state index < -0.39 is 0 Å². The van der Waals surface area contributed by atoms with Crippen LogP contribution in [0.5, 0.6) is 0 Å². The molecule has 7 aromatic rings. The second-order valence-electron chi connectivity index (χ2n) is 10.7. The third kappa shape index (κ3) is 9.49. The minimum Gasteiger partial charge on any atom is -0.264 e. The average molecular weight is 721 g/mol. The maximum absolute atomic E-state index is 4.47. The Kier molecular flexibility index (Phi) is 14.8. The number of aromatic nitrogens is 3. The van der Waals surface area contributed by atoms with Crippen molar-refractivity contribution in [1.82, 2.24) is 15.0 Å². The molecule has 0 saturated heterocycles. The van der Waals surface area contributed by atoms with Gasteiger partial charge in [-0.2, -0.15) is 0 Å². The van der Waals surface area contributed by atoms with Gasteiger partial charge in [-0.05, 0) is 110 Å². The van der Waals surface area contributed by atoms with Gasteiger partial charge in [-0.15, -0.1) is 0 Å². The Morgan fingerprint density at radius 3 is 1.02 bits per heavy atom. The standard InChI is InChI=1S/C40H28BrN3.3C2H6/c41-23-28-16-40(27-44-24-28)34-11-3-10-33(19-34)39-21-37(31-8-1-6-29(17-31)35-12-4-14-42-25-35)20-38(22-39)32-9-2-7-30(18-32)36-13-5-15-43-26-36;3*1-2/h1-22,24-27H,23H2;3*1-2H3. The molecule has 0 bridgehead atoms. The van der Waals surface area contributed by atoms with Crippen LogP contribution in [0.2, 0.25) is 0 Å². The van der Waals surface area contributed by atoms with Crippen molar-refractivity contribution in [3.8, 4) is 66.8 Å². The van der Waals surface area contributed by atoms with Crippen LogP contribution in [-0.2, 0) is 5.33 Å². The molecule has 0 saturated carbocycles. The number of hydrogen-bond donors (Lipinski definition) is 0. The normalized spacial score (nSPS) is 9.98. The van der Waals surface area contributed by atoms with E-state index in [4.69, 9.17) is 0 Å². The maximum atomic E-state index is 4.47. The lowest BCUT2D eigenvalue weighted by Gasteiger charge is -2.14. The summed E-state index contributed by atoms with van der Waals surface area (Å²) in [6.45, 7) is 12.0. The predicted octanol–water partition coefficient (Wildman–Crippen LogP) is 13.8. The van der Waals surface area contributed by atoms with Crippen LogP contribution < -0.4 is 0 Å². The summed E-state index contributed by atoms with van der Waals surface area (Å²) in [5, 5.41) is 0.773. The topological polar surface area (TPSA) is 38.7 Å². The van der Waals surface area contributed by atoms with Crippen molar-refractivity contribution in [2.45, 2.75) is 46.9 Å². The number of hydrogen-bond acceptors (Lipinski definition) is 3. The summed E-state index contributed by atoms with van der Waals surface area (Å²) in [6.07, 6.45) is 11.3. The molecule has 0 aliphatic carbocycles. The molecule has 0 radical (unpaired) electrons. The highest BCUT2D eigenvalue weighted by Gasteiger charge is 2.11. The van der Waals surface area contributed by atoms with Gasteiger partial charge in [0.25, 0.3) is 0 Å². The van der Waals surface area contributed by atoms with Crippen molar-refractivity contribution in [2.75, 3.05) is 0 Å². The van der Waals surface area contributed by atoms with Gasteiger partial charge in [0.05, 0.1) is 0 Å². The molecule has 3 nitrogen and oxygen atoms in total. The number of benzene rings is 4. The van der Waals surface area contributed by atoms with E-state index in [1.807, 2.05) is 90.9 Å². The van der Waals surface area contributed by atoms with Gasteiger partial charge in [0.2, 0.25) is 0 Å². The first-order chi connectivity index (χ1) is 24.7. The van der Waals surface area contributed by atoms with Crippen molar-refractivity contribution in [2.24, 2.45) is 0 Å². The predicted molar refractivity (Wildman–Crippen MR) is 219 cm³/mol. The van der Waals surface area contributed by atoms with Crippen LogP contribution in [0.3, 0.4) is 0 Å². The fraction of sp³-hybridized carbons (Fsp3) is 0.152. The molecular weight excluding hydrogens is 674 g/mol. The molecule has 0 aliphatic heterocycles. The van der Waals surface area contributed by atoms with Gasteiger partial charge in [-0.25, -0.2) is 0 Å². The molecule has 3 aromatic heterocycles. The van der Waals surface area contributed by atoms with Gasteiger partial charge in [0.15, 0.2) is 0 Å². The molecule has 0 unspecified atom stereocenters. The average Bonchev–Trinajstić information content (AvgIpc) is 3.23. The highest BCUT2D eigenvalue weighted by molar-refractivity contribution is 9.08. The minimum atomic E-state index is 0.773. The Bertz CT molecular complexity index is 1960. The molecule has 0 fully saturated rings. The van der Waals surface area contributed by atoms with Gasteiger partial charge in [0.1, 0.15) is 0 Å². The first-order valence-corrected chi connectivity index (χ1v) is 18.6. The molecule has 0 atom stereocenters. The van der Waals surface area contributed by atoms with Gasteiger partial charge >= 0.3 is 0 Å². The molecule has 0 N–H and O–H groups in total. The van der Waals surface area contributed by atoms with E-state index in [0.717, 1.165) is 77.7 Å². The zero-order valence-electron chi connectivity index (χ0n) is 29.9. The van der Waals surface area contributed by atoms with Crippen molar-refractivity contribution in [3.63, 3.8) is 0 Å². The van der Waals surface area contributed by atoms with Gasteiger partial charge < -0.3 is 0 Å². The largest absolute Gasteiger partial charge is 0.264 e. The second kappa shape index (κ2) is 19.7. The first-order valence-electron chi connectivity index (χ1n) is 17.5. The summed E-state index contributed by atoms with van der Waals surface area (Å²) >= 11 is 3.57. The molecule has 3 heterocycles. The van der Waals surface area contributed by atoms with E-state index in [-0.39, 0.29) is 0 Å². The summed E-state index contributed by atoms with van der Waals surface area (Å²) in [5.74, 6) is 0. The van der Waals surface area contributed by atoms with E-state index >= 15 is 0 Å². The lowest BCUT2D eigenvalue weighted by atomic mass is 9.90. The maximum Gasteiger partial charge on any atom is 0.0346 e. The van der Waals surface area contributed by atoms with Crippen LogP contribution in [0.1, 0.15) is 47.1 Å². The van der Waals surface area contributed by atoms with E-state index in [2.05, 4.69) is 140 Å². The van der Waals surface area contributed by atoms with Crippen LogP contribution in [0.4, 0.5) is 0 Å². The van der Waals surface area contributed by atoms with Gasteiger partial charge in [-0.3, -0.25) is 15.0 Å². The van der Waals surface area contributed by atoms with Crippen LogP contribution in [-0.4, -0.2) is 15.0 Å². The molecule has 0 spiro atoms.